The molecule has 0 aliphatic carbocycles. The van der Waals surface area contributed by atoms with Crippen molar-refractivity contribution in [2.45, 2.75) is 38.4 Å². The van der Waals surface area contributed by atoms with Crippen LogP contribution in [0.1, 0.15) is 37.8 Å². The molecule has 2 aliphatic rings. The van der Waals surface area contributed by atoms with Crippen molar-refractivity contribution >= 4 is 22.9 Å². The molecule has 1 fully saturated rings. The minimum absolute atomic E-state index is 0.252. The number of aromatic amines is 1. The molecule has 3 aromatic rings. The Labute approximate surface area is 189 Å². The van der Waals surface area contributed by atoms with Crippen LogP contribution in [0.2, 0.25) is 0 Å². The third-order valence-electron chi connectivity index (χ3n) is 5.58. The number of hydrogen-bond donors (Lipinski definition) is 2. The second kappa shape index (κ2) is 7.90. The van der Waals surface area contributed by atoms with Crippen molar-refractivity contribution in [2.24, 2.45) is 0 Å². The van der Waals surface area contributed by atoms with Crippen molar-refractivity contribution in [3.8, 4) is 0 Å². The normalized spacial score (nSPS) is 20.8. The third-order valence-corrected chi connectivity index (χ3v) is 5.58. The van der Waals surface area contributed by atoms with Gasteiger partial charge >= 0.3 is 6.09 Å². The number of nitrogens with zero attached hydrogens (tertiary/aromatic N) is 5. The van der Waals surface area contributed by atoms with Gasteiger partial charge in [-0.1, -0.05) is 12.1 Å². The molecule has 0 bridgehead atoms. The zero-order chi connectivity index (χ0) is 23.2. The molecule has 11 heteroatoms. The highest BCUT2D eigenvalue weighted by Crippen LogP contribution is 2.44. The molecular formula is C22H23N7O4. The molecule has 1 aromatic carbocycles. The van der Waals surface area contributed by atoms with E-state index in [9.17, 15) is 4.79 Å². The highest BCUT2D eigenvalue weighted by atomic mass is 16.6. The summed E-state index contributed by atoms with van der Waals surface area (Å²) in [6, 6.07) is 5.56. The number of anilines is 1. The van der Waals surface area contributed by atoms with Crippen molar-refractivity contribution in [2.75, 3.05) is 25.0 Å². The van der Waals surface area contributed by atoms with Crippen molar-refractivity contribution in [3.63, 3.8) is 0 Å². The van der Waals surface area contributed by atoms with Gasteiger partial charge in [-0.05, 0) is 42.7 Å². The van der Waals surface area contributed by atoms with Crippen molar-refractivity contribution < 1.29 is 18.9 Å². The van der Waals surface area contributed by atoms with Crippen molar-refractivity contribution in [1.82, 2.24) is 25.4 Å². The largest absolute Gasteiger partial charge is 0.444 e. The molecule has 33 heavy (non-hydrogen) atoms. The zero-order valence-corrected chi connectivity index (χ0v) is 18.5. The third kappa shape index (κ3) is 3.78. The highest BCUT2D eigenvalue weighted by molar-refractivity contribution is 5.80. The van der Waals surface area contributed by atoms with Gasteiger partial charge in [-0.3, -0.25) is 5.10 Å². The number of benzene rings is 1. The summed E-state index contributed by atoms with van der Waals surface area (Å²) in [5.41, 5.74) is 3.18. The molecule has 4 heterocycles. The topological polar surface area (TPSA) is 123 Å². The Balaban J connectivity index is 1.55. The molecule has 2 N–H and O–H groups in total. The van der Waals surface area contributed by atoms with Gasteiger partial charge in [0, 0.05) is 17.8 Å². The van der Waals surface area contributed by atoms with Crippen molar-refractivity contribution in [1.29, 1.82) is 0 Å². The molecule has 1 amide bonds. The number of carbonyl (C=O) groups excluding carboxylic acids is 1. The number of carbonyl (C=O) groups is 1. The van der Waals surface area contributed by atoms with Gasteiger partial charge in [0.25, 0.3) is 0 Å². The molecule has 0 spiro atoms. The first kappa shape index (κ1) is 21.0. The molecule has 0 saturated carbocycles. The summed E-state index contributed by atoms with van der Waals surface area (Å²) in [5, 5.41) is 18.4. The molecular weight excluding hydrogens is 426 g/mol. The van der Waals surface area contributed by atoms with E-state index >= 15 is 0 Å². The number of H-pyrrole nitrogens is 1. The second-order valence-corrected chi connectivity index (χ2v) is 8.93. The zero-order valence-electron chi connectivity index (χ0n) is 18.5. The Morgan fingerprint density at radius 3 is 2.94 bits per heavy atom. The number of morpholine rings is 1. The number of rotatable bonds is 2. The van der Waals surface area contributed by atoms with E-state index in [1.807, 2.05) is 32.9 Å². The predicted octanol–water partition coefficient (Wildman–Crippen LogP) is 3.27. The van der Waals surface area contributed by atoms with Gasteiger partial charge in [0.2, 0.25) is 0 Å². The van der Waals surface area contributed by atoms with Gasteiger partial charge in [0.1, 0.15) is 28.6 Å². The molecule has 170 valence electrons. The van der Waals surface area contributed by atoms with E-state index in [0.717, 1.165) is 11.1 Å². The summed E-state index contributed by atoms with van der Waals surface area (Å²) >= 11 is 0. The summed E-state index contributed by atoms with van der Waals surface area (Å²) in [7, 11) is 0. The maximum absolute atomic E-state index is 12.7. The van der Waals surface area contributed by atoms with E-state index in [2.05, 4.69) is 30.7 Å². The number of amides is 1. The Morgan fingerprint density at radius 1 is 1.30 bits per heavy atom. The van der Waals surface area contributed by atoms with Gasteiger partial charge in [-0.25, -0.2) is 14.3 Å². The maximum Gasteiger partial charge on any atom is 0.410 e. The van der Waals surface area contributed by atoms with E-state index in [1.54, 1.807) is 17.2 Å². The molecule has 1 saturated heterocycles. The number of aromatic nitrogens is 4. The standard InChI is InChI=1S/C22H23N7O4/c1-22(2,3)32-21(30)29-8-9-31-15(11-29)18-19(23-4)16(13-10-24-26-20(13)25-18)12-6-5-7-14-17(12)28-33-27-14/h5-7,10,15-16H,8-9,11H2,1-3H3,(H2,24,25,26). The number of allylic oxidation sites excluding steroid dienone is 1. The van der Waals surface area contributed by atoms with Crippen LogP contribution in [-0.2, 0) is 9.47 Å². The first-order valence-electron chi connectivity index (χ1n) is 10.6. The average Bonchev–Trinajstić information content (AvgIpc) is 3.45. The maximum atomic E-state index is 12.7. The van der Waals surface area contributed by atoms with Crippen LogP contribution < -0.4 is 5.32 Å². The Bertz CT molecular complexity index is 1280. The summed E-state index contributed by atoms with van der Waals surface area (Å²) in [6.45, 7) is 14.5. The van der Waals surface area contributed by atoms with Crippen LogP contribution >= 0.6 is 0 Å². The lowest BCUT2D eigenvalue weighted by Gasteiger charge is -2.37. The van der Waals surface area contributed by atoms with Crippen LogP contribution in [0.4, 0.5) is 10.6 Å². The lowest BCUT2D eigenvalue weighted by atomic mass is 9.85. The number of nitrogens with one attached hydrogen (secondary N) is 2. The SMILES string of the molecule is [C-]#[N+]C1=C(C2CN(C(=O)OC(C)(C)C)CCO2)Nc2[nH]ncc2C1c1cccc2nonc12. The van der Waals surface area contributed by atoms with E-state index < -0.39 is 23.7 Å². The van der Waals surface area contributed by atoms with E-state index in [-0.39, 0.29) is 6.54 Å². The van der Waals surface area contributed by atoms with Crippen LogP contribution in [-0.4, -0.2) is 62.9 Å². The minimum Gasteiger partial charge on any atom is -0.444 e. The fourth-order valence-electron chi connectivity index (χ4n) is 4.18. The van der Waals surface area contributed by atoms with Crippen LogP contribution in [0, 0.1) is 6.57 Å². The number of hydrogen-bond acceptors (Lipinski definition) is 8. The Hall–Kier alpha value is -3.91. The fourth-order valence-corrected chi connectivity index (χ4v) is 4.18. The minimum atomic E-state index is -0.602. The molecule has 5 rings (SSSR count). The number of fused-ring (bicyclic) bond motifs is 2. The van der Waals surface area contributed by atoms with Crippen LogP contribution in [0.3, 0.4) is 0 Å². The summed E-state index contributed by atoms with van der Waals surface area (Å²) in [5.74, 6) is 0.206. The Morgan fingerprint density at radius 2 is 2.15 bits per heavy atom. The smallest absolute Gasteiger partial charge is 0.410 e. The quantitative estimate of drug-likeness (QED) is 0.572. The van der Waals surface area contributed by atoms with E-state index in [4.69, 9.17) is 20.7 Å². The molecule has 0 radical (unpaired) electrons. The van der Waals surface area contributed by atoms with Gasteiger partial charge in [0.15, 0.2) is 5.70 Å². The summed E-state index contributed by atoms with van der Waals surface area (Å²) in [4.78, 5) is 18.2. The molecule has 2 unspecified atom stereocenters. The van der Waals surface area contributed by atoms with Gasteiger partial charge in [-0.15, -0.1) is 0 Å². The van der Waals surface area contributed by atoms with Gasteiger partial charge in [0.05, 0.1) is 31.8 Å². The van der Waals surface area contributed by atoms with Crippen molar-refractivity contribution in [3.05, 3.63) is 58.3 Å². The van der Waals surface area contributed by atoms with Crippen LogP contribution in [0.25, 0.3) is 15.9 Å². The number of ether oxygens (including phenoxy) is 2. The highest BCUT2D eigenvalue weighted by Gasteiger charge is 2.38. The first-order chi connectivity index (χ1) is 15.9. The fraction of sp³-hybridized carbons (Fsp3) is 0.409. The monoisotopic (exact) mass is 449 g/mol. The molecule has 2 aliphatic heterocycles. The predicted molar refractivity (Wildman–Crippen MR) is 117 cm³/mol. The van der Waals surface area contributed by atoms with Crippen LogP contribution in [0.15, 0.2) is 40.4 Å². The molecule has 2 aromatic heterocycles. The lowest BCUT2D eigenvalue weighted by Crippen LogP contribution is -2.49. The summed E-state index contributed by atoms with van der Waals surface area (Å²) < 4.78 is 16.5. The van der Waals surface area contributed by atoms with E-state index in [0.29, 0.717) is 41.4 Å². The molecule has 2 atom stereocenters. The Kier molecular flexibility index (Phi) is 5.02. The van der Waals surface area contributed by atoms with Gasteiger partial charge in [-0.2, -0.15) is 5.10 Å². The molecule has 11 nitrogen and oxygen atoms in total. The van der Waals surface area contributed by atoms with E-state index in [1.165, 1.54) is 0 Å². The lowest BCUT2D eigenvalue weighted by molar-refractivity contribution is -0.0297. The summed E-state index contributed by atoms with van der Waals surface area (Å²) in [6.07, 6.45) is 0.744. The first-order valence-corrected chi connectivity index (χ1v) is 10.6. The van der Waals surface area contributed by atoms with Crippen LogP contribution in [0.5, 0.6) is 0 Å². The second-order valence-electron chi connectivity index (χ2n) is 8.93. The average molecular weight is 449 g/mol. The van der Waals surface area contributed by atoms with Gasteiger partial charge < -0.3 is 19.7 Å².